The predicted octanol–water partition coefficient (Wildman–Crippen LogP) is 2.24. The second-order valence-corrected chi connectivity index (χ2v) is 4.17. The summed E-state index contributed by atoms with van der Waals surface area (Å²) in [6.45, 7) is 14.9. The molecule has 0 aliphatic carbocycles. The smallest absolute Gasteiger partial charge is 0.0876 e. The van der Waals surface area contributed by atoms with Crippen LogP contribution in [0.1, 0.15) is 13.8 Å². The molecule has 0 bridgehead atoms. The highest BCUT2D eigenvalue weighted by Gasteiger charge is 1.98. The van der Waals surface area contributed by atoms with Crippen molar-refractivity contribution in [2.24, 2.45) is 0 Å². The zero-order valence-corrected chi connectivity index (χ0v) is 12.1. The van der Waals surface area contributed by atoms with Gasteiger partial charge in [-0.1, -0.05) is 42.9 Å². The van der Waals surface area contributed by atoms with E-state index in [4.69, 9.17) is 6.42 Å². The normalized spacial score (nSPS) is 11.1. The zero-order valence-electron chi connectivity index (χ0n) is 12.1. The number of hydrogen-bond donors (Lipinski definition) is 2. The van der Waals surface area contributed by atoms with E-state index in [1.165, 1.54) is 5.57 Å². The molecule has 0 heterocycles. The number of nitrogens with zero attached hydrogens (tertiary/aromatic N) is 1. The molecule has 0 aromatic carbocycles. The molecule has 0 radical (unpaired) electrons. The summed E-state index contributed by atoms with van der Waals surface area (Å²) in [7, 11) is 0. The molecule has 0 atom stereocenters. The first-order valence-corrected chi connectivity index (χ1v) is 6.39. The quantitative estimate of drug-likeness (QED) is 0.273. The molecule has 0 aromatic rings. The van der Waals surface area contributed by atoms with Crippen LogP contribution in [-0.4, -0.2) is 31.2 Å². The van der Waals surface area contributed by atoms with Gasteiger partial charge in [-0.05, 0) is 20.0 Å². The first kappa shape index (κ1) is 17.1. The fraction of sp³-hybridized carbons (Fsp3) is 0.375. The van der Waals surface area contributed by atoms with Crippen molar-refractivity contribution in [2.75, 3.05) is 26.3 Å². The maximum atomic E-state index is 5.21. The molecule has 2 N–H and O–H groups in total. The van der Waals surface area contributed by atoms with E-state index in [0.717, 1.165) is 19.6 Å². The van der Waals surface area contributed by atoms with Gasteiger partial charge in [-0.3, -0.25) is 0 Å². The van der Waals surface area contributed by atoms with Crippen LogP contribution < -0.4 is 10.6 Å². The summed E-state index contributed by atoms with van der Waals surface area (Å²) in [4.78, 5) is 2.04. The maximum Gasteiger partial charge on any atom is 0.0876 e. The molecule has 0 aromatic heterocycles. The fourth-order valence-electron chi connectivity index (χ4n) is 1.31. The Morgan fingerprint density at radius 3 is 2.79 bits per heavy atom. The SMILES string of the molecule is C#CC(=C)NCN(C=C)CCNC/C(C)=C/C=C\C. The van der Waals surface area contributed by atoms with Gasteiger partial charge in [-0.25, -0.2) is 0 Å². The van der Waals surface area contributed by atoms with Gasteiger partial charge in [0.05, 0.1) is 12.4 Å². The molecule has 104 valence electrons. The summed E-state index contributed by atoms with van der Waals surface area (Å²) in [5.41, 5.74) is 1.90. The lowest BCUT2D eigenvalue weighted by Gasteiger charge is -2.21. The van der Waals surface area contributed by atoms with E-state index in [9.17, 15) is 0 Å². The van der Waals surface area contributed by atoms with E-state index in [0.29, 0.717) is 12.4 Å². The minimum absolute atomic E-state index is 0.588. The highest BCUT2D eigenvalue weighted by atomic mass is 15.2. The Morgan fingerprint density at radius 2 is 2.21 bits per heavy atom. The largest absolute Gasteiger partial charge is 0.361 e. The van der Waals surface area contributed by atoms with Crippen LogP contribution in [-0.2, 0) is 0 Å². The molecular weight excluding hydrogens is 234 g/mol. The van der Waals surface area contributed by atoms with Crippen molar-refractivity contribution in [1.82, 2.24) is 15.5 Å². The molecule has 0 aliphatic rings. The molecule has 19 heavy (non-hydrogen) atoms. The Morgan fingerprint density at radius 1 is 1.47 bits per heavy atom. The lowest BCUT2D eigenvalue weighted by molar-refractivity contribution is 0.359. The molecule has 0 amide bonds. The molecule has 0 saturated heterocycles. The molecule has 0 aliphatic heterocycles. The van der Waals surface area contributed by atoms with E-state index in [1.54, 1.807) is 6.20 Å². The second kappa shape index (κ2) is 11.2. The van der Waals surface area contributed by atoms with Crippen LogP contribution in [0, 0.1) is 12.3 Å². The van der Waals surface area contributed by atoms with Crippen LogP contribution in [0.3, 0.4) is 0 Å². The lowest BCUT2D eigenvalue weighted by Crippen LogP contribution is -2.35. The van der Waals surface area contributed by atoms with Gasteiger partial charge >= 0.3 is 0 Å². The standard InChI is InChI=1S/C16H25N3/c1-6-9-10-15(4)13-17-11-12-19(8-3)14-18-16(5)7-2/h2,6,8-10,17-18H,3,5,11-14H2,1,4H3/b9-6-,15-10+. The first-order chi connectivity index (χ1) is 9.13. The Balaban J connectivity index is 3.81. The van der Waals surface area contributed by atoms with Crippen molar-refractivity contribution >= 4 is 0 Å². The molecule has 0 rings (SSSR count). The van der Waals surface area contributed by atoms with Gasteiger partial charge in [-0.15, -0.1) is 6.42 Å². The number of nitrogens with one attached hydrogen (secondary N) is 2. The average Bonchev–Trinajstić information content (AvgIpc) is 2.43. The van der Waals surface area contributed by atoms with Crippen molar-refractivity contribution in [3.8, 4) is 12.3 Å². The van der Waals surface area contributed by atoms with E-state index in [-0.39, 0.29) is 0 Å². The highest BCUT2D eigenvalue weighted by molar-refractivity contribution is 5.18. The highest BCUT2D eigenvalue weighted by Crippen LogP contribution is 1.91. The van der Waals surface area contributed by atoms with E-state index in [1.807, 2.05) is 24.0 Å². The minimum atomic E-state index is 0.588. The van der Waals surface area contributed by atoms with Crippen LogP contribution in [0.5, 0.6) is 0 Å². The van der Waals surface area contributed by atoms with Crippen molar-refractivity contribution in [2.45, 2.75) is 13.8 Å². The van der Waals surface area contributed by atoms with Gasteiger partial charge in [0.2, 0.25) is 0 Å². The maximum absolute atomic E-state index is 5.21. The van der Waals surface area contributed by atoms with Crippen molar-refractivity contribution < 1.29 is 0 Å². The number of terminal acetylenes is 1. The Bertz CT molecular complexity index is 372. The third kappa shape index (κ3) is 9.75. The molecule has 0 fully saturated rings. The fourth-order valence-corrected chi connectivity index (χ4v) is 1.31. The third-order valence-corrected chi connectivity index (χ3v) is 2.48. The van der Waals surface area contributed by atoms with Gasteiger partial charge in [0.15, 0.2) is 0 Å². The Hall–Kier alpha value is -1.92. The van der Waals surface area contributed by atoms with Gasteiger partial charge in [-0.2, -0.15) is 0 Å². The molecule has 0 saturated carbocycles. The van der Waals surface area contributed by atoms with Crippen LogP contribution in [0.2, 0.25) is 0 Å². The average molecular weight is 259 g/mol. The van der Waals surface area contributed by atoms with Crippen LogP contribution in [0.25, 0.3) is 0 Å². The Kier molecular flexibility index (Phi) is 10.1. The first-order valence-electron chi connectivity index (χ1n) is 6.39. The van der Waals surface area contributed by atoms with Crippen LogP contribution in [0.15, 0.2) is 48.9 Å². The van der Waals surface area contributed by atoms with Crippen LogP contribution >= 0.6 is 0 Å². The molecular formula is C16H25N3. The van der Waals surface area contributed by atoms with Gasteiger partial charge in [0.25, 0.3) is 0 Å². The number of allylic oxidation sites excluding steroid dienone is 4. The summed E-state index contributed by atoms with van der Waals surface area (Å²) in [5.74, 6) is 2.45. The summed E-state index contributed by atoms with van der Waals surface area (Å²) in [5, 5.41) is 6.42. The third-order valence-electron chi connectivity index (χ3n) is 2.48. The zero-order chi connectivity index (χ0) is 14.5. The van der Waals surface area contributed by atoms with E-state index < -0.39 is 0 Å². The number of rotatable bonds is 10. The van der Waals surface area contributed by atoms with Crippen molar-refractivity contribution in [3.05, 3.63) is 48.9 Å². The molecule has 0 unspecified atom stereocenters. The topological polar surface area (TPSA) is 27.3 Å². The van der Waals surface area contributed by atoms with Gasteiger partial charge in [0, 0.05) is 19.6 Å². The van der Waals surface area contributed by atoms with Gasteiger partial charge in [0.1, 0.15) is 0 Å². The monoisotopic (exact) mass is 259 g/mol. The minimum Gasteiger partial charge on any atom is -0.361 e. The van der Waals surface area contributed by atoms with Crippen molar-refractivity contribution in [1.29, 1.82) is 0 Å². The molecule has 0 spiro atoms. The van der Waals surface area contributed by atoms with Crippen LogP contribution in [0.4, 0.5) is 0 Å². The van der Waals surface area contributed by atoms with Crippen molar-refractivity contribution in [3.63, 3.8) is 0 Å². The van der Waals surface area contributed by atoms with E-state index in [2.05, 4.69) is 42.7 Å². The second-order valence-electron chi connectivity index (χ2n) is 4.17. The Labute approximate surface area is 117 Å². The summed E-state index contributed by atoms with van der Waals surface area (Å²) >= 11 is 0. The van der Waals surface area contributed by atoms with E-state index >= 15 is 0 Å². The molecule has 3 heteroatoms. The summed E-state index contributed by atoms with van der Waals surface area (Å²) in [6.07, 6.45) is 13.2. The van der Waals surface area contributed by atoms with Gasteiger partial charge < -0.3 is 15.5 Å². The molecule has 3 nitrogen and oxygen atoms in total. The predicted molar refractivity (Wildman–Crippen MR) is 84.3 cm³/mol. The lowest BCUT2D eigenvalue weighted by atomic mass is 10.2. The summed E-state index contributed by atoms with van der Waals surface area (Å²) in [6, 6.07) is 0. The summed E-state index contributed by atoms with van der Waals surface area (Å²) < 4.78 is 0. The number of hydrogen-bond acceptors (Lipinski definition) is 3.